The van der Waals surface area contributed by atoms with E-state index in [1.165, 1.54) is 0 Å². The number of nitrogens with one attached hydrogen (secondary N) is 15. The number of rotatable bonds is 14. The van der Waals surface area contributed by atoms with E-state index < -0.39 is 0 Å². The van der Waals surface area contributed by atoms with Crippen molar-refractivity contribution in [3.63, 3.8) is 0 Å². The maximum atomic E-state index is 4.88. The van der Waals surface area contributed by atoms with Gasteiger partial charge in [0.2, 0.25) is 0 Å². The Morgan fingerprint density at radius 3 is 1.06 bits per heavy atom. The van der Waals surface area contributed by atoms with E-state index in [2.05, 4.69) is 82.9 Å². The molecule has 0 radical (unpaired) electrons. The van der Waals surface area contributed by atoms with Crippen molar-refractivity contribution in [2.75, 3.05) is 7.05 Å². The van der Waals surface area contributed by atoms with Crippen LogP contribution in [0.3, 0.4) is 0 Å². The molecule has 0 rings (SSSR count). The largest absolute Gasteiger partial charge is 0.257 e. The van der Waals surface area contributed by atoms with Crippen LogP contribution >= 0.6 is 0 Å². The highest BCUT2D eigenvalue weighted by molar-refractivity contribution is 4.16. The summed E-state index contributed by atoms with van der Waals surface area (Å²) in [7, 11) is 1.70. The van der Waals surface area contributed by atoms with Gasteiger partial charge in [-0.25, -0.2) is 5.43 Å². The van der Waals surface area contributed by atoms with E-state index in [1.807, 2.05) is 0 Å². The molecule has 0 amide bonds. The van der Waals surface area contributed by atoms with Crippen LogP contribution in [0.25, 0.3) is 0 Å². The van der Waals surface area contributed by atoms with Crippen molar-refractivity contribution in [1.82, 2.24) is 82.9 Å². The lowest BCUT2D eigenvalue weighted by Gasteiger charge is -2.13. The fourth-order valence-corrected chi connectivity index (χ4v) is 0.442. The van der Waals surface area contributed by atoms with Gasteiger partial charge in [-0.2, -0.15) is 77.5 Å². The minimum atomic E-state index is 1.70. The molecule has 104 valence electrons. The Morgan fingerprint density at radius 2 is 0.765 bits per heavy atom. The number of hydrogen-bond donors (Lipinski definition) is 16. The number of hydrogen-bond acceptors (Lipinski definition) is 16. The van der Waals surface area contributed by atoms with Crippen molar-refractivity contribution in [3.8, 4) is 0 Å². The van der Waals surface area contributed by atoms with E-state index in [4.69, 9.17) is 5.84 Å². The summed E-state index contributed by atoms with van der Waals surface area (Å²) in [6, 6.07) is 0. The third-order valence-electron chi connectivity index (χ3n) is 0.947. The summed E-state index contributed by atoms with van der Waals surface area (Å²) in [5.74, 6) is 4.88. The molecule has 0 unspecified atom stereocenters. The molecule has 0 saturated heterocycles. The molecule has 0 aromatic rings. The van der Waals surface area contributed by atoms with Gasteiger partial charge in [-0.15, -0.1) is 0 Å². The van der Waals surface area contributed by atoms with Gasteiger partial charge in [0, 0.05) is 0 Å². The van der Waals surface area contributed by atoms with Crippen LogP contribution in [0.5, 0.6) is 0 Å². The minimum absolute atomic E-state index is 1.70. The van der Waals surface area contributed by atoms with Gasteiger partial charge in [0.05, 0.1) is 0 Å². The van der Waals surface area contributed by atoms with Crippen LogP contribution in [0.4, 0.5) is 0 Å². The molecule has 0 aliphatic heterocycles. The second kappa shape index (κ2) is 15.4. The van der Waals surface area contributed by atoms with Gasteiger partial charge in [0.15, 0.2) is 0 Å². The molecule has 0 heterocycles. The first kappa shape index (κ1) is 16.4. The predicted molar refractivity (Wildman–Crippen MR) is 57.1 cm³/mol. The van der Waals surface area contributed by atoms with Gasteiger partial charge in [-0.1, -0.05) is 0 Å². The zero-order valence-corrected chi connectivity index (χ0v) is 9.08. The van der Waals surface area contributed by atoms with Crippen molar-refractivity contribution in [3.05, 3.63) is 0 Å². The Balaban J connectivity index is 2.85. The normalized spacial score (nSPS) is 10.9. The highest BCUT2D eigenvalue weighted by Crippen LogP contribution is 1.27. The van der Waals surface area contributed by atoms with Crippen molar-refractivity contribution in [2.45, 2.75) is 0 Å². The third kappa shape index (κ3) is 15.4. The summed E-state index contributed by atoms with van der Waals surface area (Å²) < 4.78 is 0. The van der Waals surface area contributed by atoms with E-state index in [1.54, 1.807) is 7.05 Å². The van der Waals surface area contributed by atoms with E-state index in [0.717, 1.165) is 0 Å². The summed E-state index contributed by atoms with van der Waals surface area (Å²) >= 11 is 0. The summed E-state index contributed by atoms with van der Waals surface area (Å²) in [4.78, 5) is 0. The second-order valence-electron chi connectivity index (χ2n) is 2.02. The van der Waals surface area contributed by atoms with E-state index >= 15 is 0 Å². The van der Waals surface area contributed by atoms with E-state index in [-0.39, 0.29) is 0 Å². The molecule has 0 aliphatic carbocycles. The third-order valence-corrected chi connectivity index (χ3v) is 0.947. The lowest BCUT2D eigenvalue weighted by atomic mass is 11.5. The maximum Gasteiger partial charge on any atom is -0.000111 e. The molecule has 0 saturated carbocycles. The van der Waals surface area contributed by atoms with E-state index in [9.17, 15) is 0 Å². The van der Waals surface area contributed by atoms with Gasteiger partial charge in [0.25, 0.3) is 0 Å². The van der Waals surface area contributed by atoms with Crippen LogP contribution in [0.1, 0.15) is 0 Å². The lowest BCUT2D eigenvalue weighted by molar-refractivity contribution is 0.206. The molecule has 0 bridgehead atoms. The van der Waals surface area contributed by atoms with Crippen molar-refractivity contribution in [2.24, 2.45) is 5.84 Å². The summed E-state index contributed by atoms with van der Waals surface area (Å²) in [6.07, 6.45) is 0. The standard InChI is InChI=1S/CH20N16/c1-3-5-7-9-11-13-15-17-16-14-12-10-8-6-4-2/h3-17H,2H2,1H3. The quantitative estimate of drug-likeness (QED) is 0.0790. The molecule has 0 fully saturated rings. The average Bonchev–Trinajstić information content (AvgIpc) is 2.35. The van der Waals surface area contributed by atoms with Crippen LogP contribution in [0.15, 0.2) is 0 Å². The zero-order chi connectivity index (χ0) is 12.6. The summed E-state index contributed by atoms with van der Waals surface area (Å²) in [5.41, 5.74) is 36.9. The maximum absolute atomic E-state index is 4.88. The van der Waals surface area contributed by atoms with Gasteiger partial charge in [-0.05, 0) is 7.05 Å². The molecule has 0 aromatic carbocycles. The molecule has 0 spiro atoms. The molecule has 0 atom stereocenters. The molecular formula is CH20N16. The second-order valence-corrected chi connectivity index (χ2v) is 2.02. The molecule has 17 heavy (non-hydrogen) atoms. The highest BCUT2D eigenvalue weighted by Gasteiger charge is 1.82. The van der Waals surface area contributed by atoms with Crippen molar-refractivity contribution < 1.29 is 0 Å². The van der Waals surface area contributed by atoms with Crippen LogP contribution in [0.2, 0.25) is 0 Å². The first-order chi connectivity index (χ1) is 8.41. The molecule has 0 aromatic heterocycles. The Labute approximate surface area is 96.9 Å². The molecule has 16 nitrogen and oxygen atoms in total. The minimum Gasteiger partial charge on any atom is -0.257 e. The fraction of sp³-hybridized carbons (Fsp3) is 1.00. The van der Waals surface area contributed by atoms with Gasteiger partial charge in [0.1, 0.15) is 0 Å². The van der Waals surface area contributed by atoms with Crippen LogP contribution in [-0.4, -0.2) is 7.05 Å². The Kier molecular flexibility index (Phi) is 14.8. The Hall–Kier alpha value is -0.640. The number of hydrazine groups is 15. The average molecular weight is 256 g/mol. The summed E-state index contributed by atoms with van der Waals surface area (Å²) in [5, 5.41) is 0. The molecular weight excluding hydrogens is 236 g/mol. The smallest absolute Gasteiger partial charge is 0.000111 e. The van der Waals surface area contributed by atoms with Crippen molar-refractivity contribution in [1.29, 1.82) is 0 Å². The summed E-state index contributed by atoms with van der Waals surface area (Å²) in [6.45, 7) is 0. The highest BCUT2D eigenvalue weighted by atomic mass is 16.0. The van der Waals surface area contributed by atoms with Crippen LogP contribution < -0.4 is 88.8 Å². The first-order valence-electron chi connectivity index (χ1n) is 4.29. The predicted octanol–water partition coefficient (Wildman–Crippen LogP) is -7.86. The first-order valence-corrected chi connectivity index (χ1v) is 4.29. The van der Waals surface area contributed by atoms with Gasteiger partial charge >= 0.3 is 0 Å². The number of nitrogens with two attached hydrogens (primary N) is 1. The lowest BCUT2D eigenvalue weighted by Crippen LogP contribution is -2.68. The Bertz CT molecular complexity index is 109. The topological polar surface area (TPSA) is 206 Å². The zero-order valence-electron chi connectivity index (χ0n) is 9.08. The molecule has 16 heteroatoms. The van der Waals surface area contributed by atoms with Gasteiger partial charge in [-0.3, -0.25) is 5.84 Å². The molecule has 17 N–H and O–H groups in total. The monoisotopic (exact) mass is 256 g/mol. The SMILES string of the molecule is CNNNNNNNNNNNNNNNN. The van der Waals surface area contributed by atoms with Crippen molar-refractivity contribution >= 4 is 0 Å². The fourth-order valence-electron chi connectivity index (χ4n) is 0.442. The Morgan fingerprint density at radius 1 is 0.471 bits per heavy atom. The molecule has 0 aliphatic rings. The van der Waals surface area contributed by atoms with Crippen LogP contribution in [-0.2, 0) is 0 Å². The van der Waals surface area contributed by atoms with Crippen LogP contribution in [0, 0.1) is 0 Å². The van der Waals surface area contributed by atoms with E-state index in [0.29, 0.717) is 0 Å². The van der Waals surface area contributed by atoms with Gasteiger partial charge < -0.3 is 0 Å².